The molecular weight excluding hydrogens is 278 g/mol. The van der Waals surface area contributed by atoms with Crippen LogP contribution in [0, 0.1) is 11.8 Å². The second kappa shape index (κ2) is 11.5. The van der Waals surface area contributed by atoms with Gasteiger partial charge in [0.1, 0.15) is 0 Å². The van der Waals surface area contributed by atoms with Crippen molar-refractivity contribution in [2.75, 3.05) is 13.1 Å². The third-order valence-corrected chi connectivity index (χ3v) is 6.78. The lowest BCUT2D eigenvalue weighted by Crippen LogP contribution is -2.35. The largest absolute Gasteiger partial charge is 0.301 e. The minimum absolute atomic E-state index is 0.785. The van der Waals surface area contributed by atoms with Gasteiger partial charge in [0.2, 0.25) is 0 Å². The highest BCUT2D eigenvalue weighted by atomic mass is 15.1. The highest BCUT2D eigenvalue weighted by molar-refractivity contribution is 4.71. The highest BCUT2D eigenvalue weighted by Gasteiger charge is 2.17. The van der Waals surface area contributed by atoms with Crippen molar-refractivity contribution in [3.63, 3.8) is 0 Å². The Kier molecular flexibility index (Phi) is 9.65. The molecule has 0 heterocycles. The van der Waals surface area contributed by atoms with Crippen molar-refractivity contribution in [1.29, 1.82) is 0 Å². The number of hydrogen-bond donors (Lipinski definition) is 0. The van der Waals surface area contributed by atoms with Gasteiger partial charge in [-0.25, -0.2) is 0 Å². The van der Waals surface area contributed by atoms with E-state index < -0.39 is 0 Å². The fraction of sp³-hybridized carbons (Fsp3) is 1.00. The molecule has 0 radical (unpaired) electrons. The summed E-state index contributed by atoms with van der Waals surface area (Å²) in [6.07, 6.45) is 22.3. The summed E-state index contributed by atoms with van der Waals surface area (Å²) in [4.78, 5) is 2.81. The molecule has 1 unspecified atom stereocenters. The topological polar surface area (TPSA) is 3.24 Å². The van der Waals surface area contributed by atoms with E-state index in [0.29, 0.717) is 0 Å². The first-order chi connectivity index (χ1) is 11.3. The van der Waals surface area contributed by atoms with Crippen LogP contribution in [-0.4, -0.2) is 24.0 Å². The van der Waals surface area contributed by atoms with Gasteiger partial charge < -0.3 is 4.90 Å². The first-order valence-corrected chi connectivity index (χ1v) is 11.0. The first kappa shape index (κ1) is 19.3. The fourth-order valence-electron chi connectivity index (χ4n) is 4.93. The highest BCUT2D eigenvalue weighted by Crippen LogP contribution is 2.29. The molecule has 2 fully saturated rings. The lowest BCUT2D eigenvalue weighted by molar-refractivity contribution is 0.182. The van der Waals surface area contributed by atoms with Crippen LogP contribution in [0.5, 0.6) is 0 Å². The molecule has 1 atom stereocenters. The number of nitrogens with zero attached hydrogens (tertiary/aromatic N) is 1. The molecule has 2 saturated carbocycles. The Labute approximate surface area is 146 Å². The van der Waals surface area contributed by atoms with Gasteiger partial charge in [0.05, 0.1) is 0 Å². The van der Waals surface area contributed by atoms with Gasteiger partial charge in [-0.3, -0.25) is 0 Å². The predicted molar refractivity (Wildman–Crippen MR) is 103 cm³/mol. The van der Waals surface area contributed by atoms with Gasteiger partial charge in [-0.2, -0.15) is 0 Å². The molecule has 1 heteroatoms. The van der Waals surface area contributed by atoms with Gasteiger partial charge in [0.15, 0.2) is 0 Å². The predicted octanol–water partition coefficient (Wildman–Crippen LogP) is 6.81. The summed E-state index contributed by atoms with van der Waals surface area (Å²) in [7, 11) is 0. The third kappa shape index (κ3) is 7.59. The van der Waals surface area contributed by atoms with Gasteiger partial charge in [0, 0.05) is 6.04 Å². The molecule has 0 aromatic carbocycles. The molecule has 0 aromatic heterocycles. The first-order valence-electron chi connectivity index (χ1n) is 11.0. The van der Waals surface area contributed by atoms with Crippen molar-refractivity contribution in [2.24, 2.45) is 11.8 Å². The summed E-state index contributed by atoms with van der Waals surface area (Å²) < 4.78 is 0. The molecule has 0 bridgehead atoms. The molecule has 0 N–H and O–H groups in total. The average Bonchev–Trinajstić information content (AvgIpc) is 2.61. The molecule has 0 spiro atoms. The van der Waals surface area contributed by atoms with Gasteiger partial charge in [-0.15, -0.1) is 0 Å². The molecule has 0 aliphatic heterocycles. The Hall–Kier alpha value is -0.0400. The normalized spacial score (nSPS) is 22.6. The van der Waals surface area contributed by atoms with E-state index in [1.807, 2.05) is 0 Å². The Balaban J connectivity index is 1.62. The van der Waals surface area contributed by atoms with Crippen LogP contribution in [-0.2, 0) is 0 Å². The second-order valence-electron chi connectivity index (χ2n) is 8.59. The quantitative estimate of drug-likeness (QED) is 0.427. The summed E-state index contributed by atoms with van der Waals surface area (Å²) in [6, 6.07) is 0.785. The van der Waals surface area contributed by atoms with Crippen LogP contribution in [0.2, 0.25) is 0 Å². The van der Waals surface area contributed by atoms with E-state index in [0.717, 1.165) is 17.9 Å². The van der Waals surface area contributed by atoms with Crippen LogP contribution in [0.4, 0.5) is 0 Å². The summed E-state index contributed by atoms with van der Waals surface area (Å²) in [5.74, 6) is 2.12. The molecule has 0 aromatic rings. The van der Waals surface area contributed by atoms with Gasteiger partial charge in [-0.05, 0) is 64.0 Å². The maximum Gasteiger partial charge on any atom is 0.00643 e. The molecule has 2 rings (SSSR count). The summed E-state index contributed by atoms with van der Waals surface area (Å²) in [5, 5.41) is 0. The lowest BCUT2D eigenvalue weighted by atomic mass is 9.86. The maximum absolute atomic E-state index is 2.81. The van der Waals surface area contributed by atoms with Crippen LogP contribution in [0.1, 0.15) is 110 Å². The molecule has 136 valence electrons. The van der Waals surface area contributed by atoms with Crippen LogP contribution in [0.15, 0.2) is 0 Å². The maximum atomic E-state index is 2.81. The minimum Gasteiger partial charge on any atom is -0.301 e. The standard InChI is InChI=1S/C22H43N/c1-3-20(2)23(18-10-16-21-12-6-4-7-13-21)19-11-17-22-14-8-5-9-15-22/h20-22H,3-19H2,1-2H3. The minimum atomic E-state index is 0.785. The van der Waals surface area contributed by atoms with Crippen LogP contribution in [0.3, 0.4) is 0 Å². The Morgan fingerprint density at radius 2 is 1.17 bits per heavy atom. The monoisotopic (exact) mass is 321 g/mol. The summed E-state index contributed by atoms with van der Waals surface area (Å²) in [5.41, 5.74) is 0. The molecule has 1 nitrogen and oxygen atoms in total. The smallest absolute Gasteiger partial charge is 0.00643 e. The Morgan fingerprint density at radius 3 is 1.57 bits per heavy atom. The van der Waals surface area contributed by atoms with Crippen molar-refractivity contribution >= 4 is 0 Å². The zero-order valence-electron chi connectivity index (χ0n) is 16.2. The van der Waals surface area contributed by atoms with Gasteiger partial charge in [-0.1, -0.05) is 71.1 Å². The molecular formula is C22H43N. The van der Waals surface area contributed by atoms with E-state index in [-0.39, 0.29) is 0 Å². The van der Waals surface area contributed by atoms with E-state index in [9.17, 15) is 0 Å². The van der Waals surface area contributed by atoms with Crippen LogP contribution >= 0.6 is 0 Å². The van der Waals surface area contributed by atoms with E-state index in [1.165, 1.54) is 109 Å². The van der Waals surface area contributed by atoms with Crippen molar-refractivity contribution in [3.05, 3.63) is 0 Å². The third-order valence-electron chi connectivity index (χ3n) is 6.78. The lowest BCUT2D eigenvalue weighted by Gasteiger charge is -2.30. The number of rotatable bonds is 10. The SMILES string of the molecule is CCC(C)N(CCCC1CCCCC1)CCCC1CCCCC1. The van der Waals surface area contributed by atoms with Crippen molar-refractivity contribution in [2.45, 2.75) is 116 Å². The summed E-state index contributed by atoms with van der Waals surface area (Å²) >= 11 is 0. The van der Waals surface area contributed by atoms with E-state index >= 15 is 0 Å². The Morgan fingerprint density at radius 1 is 0.739 bits per heavy atom. The molecule has 2 aliphatic carbocycles. The second-order valence-corrected chi connectivity index (χ2v) is 8.59. The van der Waals surface area contributed by atoms with E-state index in [2.05, 4.69) is 18.7 Å². The number of hydrogen-bond acceptors (Lipinski definition) is 1. The Bertz CT molecular complexity index is 252. The average molecular weight is 322 g/mol. The zero-order valence-corrected chi connectivity index (χ0v) is 16.2. The van der Waals surface area contributed by atoms with Crippen molar-refractivity contribution in [1.82, 2.24) is 4.90 Å². The fourth-order valence-corrected chi connectivity index (χ4v) is 4.93. The molecule has 2 aliphatic rings. The van der Waals surface area contributed by atoms with Gasteiger partial charge >= 0.3 is 0 Å². The summed E-state index contributed by atoms with van der Waals surface area (Å²) in [6.45, 7) is 7.52. The zero-order chi connectivity index (χ0) is 16.3. The van der Waals surface area contributed by atoms with Crippen molar-refractivity contribution < 1.29 is 0 Å². The van der Waals surface area contributed by atoms with E-state index in [4.69, 9.17) is 0 Å². The molecule has 0 saturated heterocycles. The van der Waals surface area contributed by atoms with E-state index in [1.54, 1.807) is 0 Å². The van der Waals surface area contributed by atoms with Crippen LogP contribution in [0.25, 0.3) is 0 Å². The van der Waals surface area contributed by atoms with Gasteiger partial charge in [0.25, 0.3) is 0 Å². The van der Waals surface area contributed by atoms with Crippen molar-refractivity contribution in [3.8, 4) is 0 Å². The van der Waals surface area contributed by atoms with Crippen LogP contribution < -0.4 is 0 Å². The molecule has 23 heavy (non-hydrogen) atoms. The molecule has 0 amide bonds.